The molecule has 2 aromatic heterocycles. The Bertz CT molecular complexity index is 1400. The van der Waals surface area contributed by atoms with E-state index in [1.807, 2.05) is 26.8 Å². The molecule has 3 aromatic rings. The Morgan fingerprint density at radius 1 is 0.891 bits per heavy atom. The average molecular weight is 660 g/mol. The fourth-order valence-electron chi connectivity index (χ4n) is 4.97. The minimum Gasteiger partial charge on any atom is -0.368 e. The Hall–Kier alpha value is -3.75. The van der Waals surface area contributed by atoms with Crippen LogP contribution < -0.4 is 16.5 Å². The number of halogens is 6. The zero-order valence-electron chi connectivity index (χ0n) is 27.7. The van der Waals surface area contributed by atoms with Crippen molar-refractivity contribution in [3.63, 3.8) is 0 Å². The van der Waals surface area contributed by atoms with E-state index >= 15 is 0 Å². The van der Waals surface area contributed by atoms with Gasteiger partial charge in [-0.15, -0.1) is 5.10 Å². The van der Waals surface area contributed by atoms with E-state index < -0.39 is 30.0 Å². The number of aryl methyl sites for hydroxylation is 2. The van der Waals surface area contributed by atoms with Crippen LogP contribution in [0, 0.1) is 6.92 Å². The number of hydrogen-bond acceptors (Lipinski definition) is 6. The number of guanidine groups is 1. The first-order chi connectivity index (χ1) is 21.5. The number of alkyl halides is 6. The molecule has 0 unspecified atom stereocenters. The zero-order valence-corrected chi connectivity index (χ0v) is 27.7. The first-order valence-electron chi connectivity index (χ1n) is 15.5. The van der Waals surface area contributed by atoms with E-state index in [1.54, 1.807) is 11.7 Å². The lowest BCUT2D eigenvalue weighted by atomic mass is 10.0. The van der Waals surface area contributed by atoms with Gasteiger partial charge in [0.25, 0.3) is 0 Å². The third kappa shape index (κ3) is 10.4. The number of anilines is 1. The van der Waals surface area contributed by atoms with Gasteiger partial charge >= 0.3 is 12.4 Å². The fraction of sp³-hybridized carbons (Fsp3) is 0.581. The summed E-state index contributed by atoms with van der Waals surface area (Å²) >= 11 is 0. The van der Waals surface area contributed by atoms with Crippen LogP contribution in [-0.2, 0) is 32.5 Å². The Balaban J connectivity index is 0.00000361. The topological polar surface area (TPSA) is 105 Å². The lowest BCUT2D eigenvalue weighted by Gasteiger charge is -2.30. The number of aromatic nitrogens is 3. The van der Waals surface area contributed by atoms with E-state index in [1.165, 1.54) is 11.9 Å². The van der Waals surface area contributed by atoms with Gasteiger partial charge < -0.3 is 15.5 Å². The number of hydrazine groups is 1. The van der Waals surface area contributed by atoms with Crippen molar-refractivity contribution in [2.75, 3.05) is 25.0 Å². The molecular formula is C31H47F6N9. The number of unbranched alkanes of at least 4 members (excludes halogenated alkanes) is 3. The molecular weight excluding hydrogens is 612 g/mol. The molecule has 0 amide bonds. The second-order valence-electron chi connectivity index (χ2n) is 10.9. The van der Waals surface area contributed by atoms with Crippen LogP contribution >= 0.6 is 0 Å². The quantitative estimate of drug-likeness (QED) is 0.0501. The first kappa shape index (κ1) is 38.4. The number of rotatable bonds is 13. The van der Waals surface area contributed by atoms with Gasteiger partial charge in [-0.25, -0.2) is 15.9 Å². The van der Waals surface area contributed by atoms with Gasteiger partial charge in [0.05, 0.1) is 16.8 Å². The summed E-state index contributed by atoms with van der Waals surface area (Å²) in [6, 6.07) is 3.38. The smallest absolute Gasteiger partial charge is 0.368 e. The summed E-state index contributed by atoms with van der Waals surface area (Å²) < 4.78 is 83.5. The molecule has 4 N–H and O–H groups in total. The van der Waals surface area contributed by atoms with Crippen LogP contribution in [0.1, 0.15) is 87.7 Å². The van der Waals surface area contributed by atoms with Gasteiger partial charge in [0, 0.05) is 51.2 Å². The van der Waals surface area contributed by atoms with E-state index in [0.717, 1.165) is 48.3 Å². The lowest BCUT2D eigenvalue weighted by Crippen LogP contribution is -2.40. The van der Waals surface area contributed by atoms with Gasteiger partial charge in [-0.05, 0) is 49.6 Å². The summed E-state index contributed by atoms with van der Waals surface area (Å²) in [4.78, 5) is 8.55. The number of nitrogens with two attached hydrogens (primary N) is 2. The summed E-state index contributed by atoms with van der Waals surface area (Å²) in [5.74, 6) is 6.14. The van der Waals surface area contributed by atoms with Crippen molar-refractivity contribution in [1.82, 2.24) is 24.8 Å². The molecule has 15 heteroatoms. The predicted octanol–water partition coefficient (Wildman–Crippen LogP) is 7.17. The van der Waals surface area contributed by atoms with Gasteiger partial charge in [0.1, 0.15) is 5.82 Å². The zero-order chi connectivity index (χ0) is 34.8. The highest BCUT2D eigenvalue weighted by Crippen LogP contribution is 2.37. The van der Waals surface area contributed by atoms with Crippen molar-refractivity contribution in [2.24, 2.45) is 23.7 Å². The monoisotopic (exact) mass is 659 g/mol. The number of pyridine rings is 1. The van der Waals surface area contributed by atoms with E-state index in [2.05, 4.69) is 28.9 Å². The summed E-state index contributed by atoms with van der Waals surface area (Å²) in [6.45, 7) is 11.0. The molecule has 0 saturated carbocycles. The van der Waals surface area contributed by atoms with Gasteiger partial charge in [0.15, 0.2) is 5.65 Å². The molecule has 0 aliphatic heterocycles. The van der Waals surface area contributed by atoms with Crippen molar-refractivity contribution in [3.8, 4) is 0 Å². The second kappa shape index (κ2) is 16.7. The van der Waals surface area contributed by atoms with Crippen molar-refractivity contribution in [3.05, 3.63) is 52.2 Å². The van der Waals surface area contributed by atoms with Crippen LogP contribution in [0.3, 0.4) is 0 Å². The number of hydrazone groups is 1. The normalized spacial score (nSPS) is 12.3. The maximum absolute atomic E-state index is 13.6. The van der Waals surface area contributed by atoms with Crippen LogP contribution in [0.2, 0.25) is 0 Å². The average Bonchev–Trinajstić information content (AvgIpc) is 3.25. The molecule has 0 atom stereocenters. The van der Waals surface area contributed by atoms with Crippen LogP contribution in [0.25, 0.3) is 11.0 Å². The van der Waals surface area contributed by atoms with Gasteiger partial charge in [-0.2, -0.15) is 31.4 Å². The number of nitrogens with zero attached hydrogens (tertiary/aromatic N) is 7. The van der Waals surface area contributed by atoms with Crippen LogP contribution in [0.5, 0.6) is 0 Å². The summed E-state index contributed by atoms with van der Waals surface area (Å²) in [6.07, 6.45) is -5.20. The molecule has 0 radical (unpaired) electrons. The first-order valence-corrected chi connectivity index (χ1v) is 15.5. The molecule has 0 aliphatic rings. The Labute approximate surface area is 267 Å². The maximum Gasteiger partial charge on any atom is 0.416 e. The Morgan fingerprint density at radius 2 is 1.46 bits per heavy atom. The summed E-state index contributed by atoms with van der Waals surface area (Å²) in [5, 5.41) is 10.2. The van der Waals surface area contributed by atoms with Crippen LogP contribution in [0.15, 0.2) is 29.4 Å². The minimum atomic E-state index is -4.99. The predicted molar refractivity (Wildman–Crippen MR) is 171 cm³/mol. The highest BCUT2D eigenvalue weighted by Gasteiger charge is 2.37. The largest absolute Gasteiger partial charge is 0.416 e. The second-order valence-corrected chi connectivity index (χ2v) is 10.9. The number of fused-ring (bicyclic) bond motifs is 1. The van der Waals surface area contributed by atoms with Gasteiger partial charge in [-0.1, -0.05) is 47.0 Å². The molecule has 0 aliphatic carbocycles. The standard InChI is InChI=1S/C29H41F6N9.C2H6/c1-6-8-10-12-43(11-9-7-2)25-21(15-24-19(3)39-41(4)26(24)38-25)18-44(27(36)40-42(5)37)17-20-13-22(28(30,31)32)16-23(14-20)29(33,34)35;1-2/h13-16H,6-12,17-18,37H2,1-5H3,(H2,36,40);1-2H3. The molecule has 0 bridgehead atoms. The minimum absolute atomic E-state index is 0.0240. The molecule has 2 heterocycles. The van der Waals surface area contributed by atoms with Crippen molar-refractivity contribution in [1.29, 1.82) is 0 Å². The summed E-state index contributed by atoms with van der Waals surface area (Å²) in [5.41, 5.74) is 5.24. The van der Waals surface area contributed by atoms with Crippen LogP contribution in [-0.4, -0.2) is 50.9 Å². The molecule has 3 rings (SSSR count). The third-order valence-corrected chi connectivity index (χ3v) is 7.13. The molecule has 258 valence electrons. The Morgan fingerprint density at radius 3 is 1.98 bits per heavy atom. The Kier molecular flexibility index (Phi) is 14.0. The van der Waals surface area contributed by atoms with E-state index in [-0.39, 0.29) is 24.1 Å². The SMILES string of the molecule is CC.CCCCCN(CCCC)c1nc2c(cc1CN(Cc1cc(C(F)(F)F)cc(C(F)(F)F)c1)/C(N)=N/N(C)N)c(C)nn2C. The highest BCUT2D eigenvalue weighted by molar-refractivity contribution is 5.82. The van der Waals surface area contributed by atoms with Crippen molar-refractivity contribution < 1.29 is 26.3 Å². The molecule has 9 nitrogen and oxygen atoms in total. The third-order valence-electron chi connectivity index (χ3n) is 7.13. The number of hydrogen-bond donors (Lipinski definition) is 2. The highest BCUT2D eigenvalue weighted by atomic mass is 19.4. The van der Waals surface area contributed by atoms with Crippen LogP contribution in [0.4, 0.5) is 32.2 Å². The molecule has 0 fully saturated rings. The summed E-state index contributed by atoms with van der Waals surface area (Å²) in [7, 11) is 3.19. The van der Waals surface area contributed by atoms with E-state index in [9.17, 15) is 26.3 Å². The molecule has 0 saturated heterocycles. The van der Waals surface area contributed by atoms with Crippen molar-refractivity contribution >= 4 is 22.8 Å². The lowest BCUT2D eigenvalue weighted by molar-refractivity contribution is -0.143. The fourth-order valence-corrected chi connectivity index (χ4v) is 4.97. The van der Waals surface area contributed by atoms with Gasteiger partial charge in [-0.3, -0.25) is 4.68 Å². The molecule has 46 heavy (non-hydrogen) atoms. The molecule has 1 aromatic carbocycles. The van der Waals surface area contributed by atoms with E-state index in [4.69, 9.17) is 16.6 Å². The maximum atomic E-state index is 13.6. The number of benzene rings is 1. The van der Waals surface area contributed by atoms with E-state index in [0.29, 0.717) is 42.3 Å². The molecule has 0 spiro atoms. The van der Waals surface area contributed by atoms with Gasteiger partial charge in [0.2, 0.25) is 5.96 Å². The van der Waals surface area contributed by atoms with Crippen molar-refractivity contribution in [2.45, 2.75) is 92.2 Å².